The first kappa shape index (κ1) is 12.5. The van der Waals surface area contributed by atoms with Crippen LogP contribution in [0, 0.1) is 0 Å². The quantitative estimate of drug-likeness (QED) is 0.856. The summed E-state index contributed by atoms with van der Waals surface area (Å²) in [7, 11) is 0. The number of aromatic nitrogens is 3. The van der Waals surface area contributed by atoms with Gasteiger partial charge in [0.25, 0.3) is 0 Å². The van der Waals surface area contributed by atoms with E-state index in [2.05, 4.69) is 17.0 Å². The Balaban J connectivity index is 2.05. The summed E-state index contributed by atoms with van der Waals surface area (Å²) in [5, 5.41) is 14.7. The summed E-state index contributed by atoms with van der Waals surface area (Å²) in [6.45, 7) is 5.59. The van der Waals surface area contributed by atoms with Gasteiger partial charge in [0.2, 0.25) is 0 Å². The largest absolute Gasteiger partial charge is 0.389 e. The topological polar surface area (TPSA) is 60.2 Å². The second kappa shape index (κ2) is 5.14. The van der Waals surface area contributed by atoms with Crippen molar-refractivity contribution in [3.63, 3.8) is 0 Å². The Labute approximate surface area is 102 Å². The predicted molar refractivity (Wildman–Crippen MR) is 63.6 cm³/mol. The van der Waals surface area contributed by atoms with E-state index < -0.39 is 5.60 Å². The fourth-order valence-corrected chi connectivity index (χ4v) is 2.42. The number of ether oxygens (including phenoxy) is 1. The molecule has 1 saturated heterocycles. The molecule has 0 spiro atoms. The zero-order chi connectivity index (χ0) is 12.3. The lowest BCUT2D eigenvalue weighted by molar-refractivity contribution is -0.0972. The van der Waals surface area contributed by atoms with Crippen molar-refractivity contribution in [2.24, 2.45) is 0 Å². The average molecular weight is 239 g/mol. The van der Waals surface area contributed by atoms with Gasteiger partial charge in [0.15, 0.2) is 0 Å². The van der Waals surface area contributed by atoms with E-state index in [4.69, 9.17) is 4.74 Å². The number of aryl methyl sites for hydroxylation is 1. The molecule has 1 N–H and O–H groups in total. The highest BCUT2D eigenvalue weighted by Gasteiger charge is 2.34. The molecule has 2 heterocycles. The lowest BCUT2D eigenvalue weighted by atomic mass is 9.87. The normalized spacial score (nSPS) is 29.5. The van der Waals surface area contributed by atoms with Crippen LogP contribution in [0.25, 0.3) is 0 Å². The summed E-state index contributed by atoms with van der Waals surface area (Å²) in [6.07, 6.45) is 4.63. The highest BCUT2D eigenvalue weighted by atomic mass is 16.5. The van der Waals surface area contributed by atoms with Crippen molar-refractivity contribution < 1.29 is 9.84 Å². The summed E-state index contributed by atoms with van der Waals surface area (Å²) in [4.78, 5) is 4.25. The second-order valence-electron chi connectivity index (χ2n) is 4.94. The minimum atomic E-state index is -0.684. The molecule has 2 rings (SSSR count). The van der Waals surface area contributed by atoms with Crippen molar-refractivity contribution in [2.75, 3.05) is 6.61 Å². The molecule has 5 nitrogen and oxygen atoms in total. The minimum absolute atomic E-state index is 0.122. The van der Waals surface area contributed by atoms with Crippen molar-refractivity contribution in [3.8, 4) is 0 Å². The smallest absolute Gasteiger partial charge is 0.138 e. The molecule has 96 valence electrons. The Bertz CT molecular complexity index is 366. The molecule has 0 saturated carbocycles. The van der Waals surface area contributed by atoms with E-state index in [9.17, 15) is 5.11 Å². The average Bonchev–Trinajstić information content (AvgIpc) is 2.65. The van der Waals surface area contributed by atoms with Crippen molar-refractivity contribution in [1.29, 1.82) is 0 Å². The van der Waals surface area contributed by atoms with E-state index in [1.807, 2.05) is 11.6 Å². The van der Waals surface area contributed by atoms with Gasteiger partial charge in [0.1, 0.15) is 12.2 Å². The van der Waals surface area contributed by atoms with Crippen molar-refractivity contribution in [2.45, 2.75) is 57.8 Å². The third-order valence-electron chi connectivity index (χ3n) is 3.26. The molecule has 2 atom stereocenters. The molecule has 0 bridgehead atoms. The maximum atomic E-state index is 10.5. The molecule has 1 aliphatic rings. The van der Waals surface area contributed by atoms with Gasteiger partial charge < -0.3 is 9.84 Å². The van der Waals surface area contributed by atoms with Crippen molar-refractivity contribution in [1.82, 2.24) is 14.8 Å². The van der Waals surface area contributed by atoms with Crippen LogP contribution in [0.1, 0.15) is 38.9 Å². The maximum absolute atomic E-state index is 10.5. The van der Waals surface area contributed by atoms with Crippen LogP contribution in [-0.2, 0) is 17.7 Å². The van der Waals surface area contributed by atoms with Gasteiger partial charge in [-0.25, -0.2) is 4.98 Å². The Morgan fingerprint density at radius 1 is 1.65 bits per heavy atom. The number of rotatable bonds is 4. The Morgan fingerprint density at radius 3 is 3.18 bits per heavy atom. The Hall–Kier alpha value is -0.940. The monoisotopic (exact) mass is 239 g/mol. The van der Waals surface area contributed by atoms with Gasteiger partial charge in [0, 0.05) is 32.4 Å². The first-order chi connectivity index (χ1) is 8.13. The second-order valence-corrected chi connectivity index (χ2v) is 4.94. The third kappa shape index (κ3) is 3.04. The Kier molecular flexibility index (Phi) is 3.79. The number of hydrogen-bond acceptors (Lipinski definition) is 4. The molecule has 1 aliphatic heterocycles. The molecule has 2 unspecified atom stereocenters. The summed E-state index contributed by atoms with van der Waals surface area (Å²) in [5.74, 6) is 0.878. The van der Waals surface area contributed by atoms with Crippen molar-refractivity contribution in [3.05, 3.63) is 12.2 Å². The van der Waals surface area contributed by atoms with Crippen LogP contribution in [0.15, 0.2) is 6.33 Å². The van der Waals surface area contributed by atoms with Gasteiger partial charge in [0.05, 0.1) is 11.7 Å². The van der Waals surface area contributed by atoms with E-state index in [1.54, 1.807) is 6.33 Å². The van der Waals surface area contributed by atoms with Gasteiger partial charge in [-0.2, -0.15) is 5.10 Å². The van der Waals surface area contributed by atoms with E-state index in [-0.39, 0.29) is 6.10 Å². The minimum Gasteiger partial charge on any atom is -0.389 e. The molecule has 1 fully saturated rings. The van der Waals surface area contributed by atoms with Crippen LogP contribution >= 0.6 is 0 Å². The first-order valence-electron chi connectivity index (χ1n) is 6.33. The highest BCUT2D eigenvalue weighted by Crippen LogP contribution is 2.27. The molecule has 1 aromatic heterocycles. The molecule has 1 aromatic rings. The van der Waals surface area contributed by atoms with Crippen LogP contribution in [0.5, 0.6) is 0 Å². The van der Waals surface area contributed by atoms with Gasteiger partial charge in [-0.05, 0) is 13.3 Å². The molecule has 0 aromatic carbocycles. The van der Waals surface area contributed by atoms with Gasteiger partial charge in [-0.1, -0.05) is 6.92 Å². The molecule has 0 amide bonds. The number of hydrogen-bond donors (Lipinski definition) is 1. The molecule has 17 heavy (non-hydrogen) atoms. The predicted octanol–water partition coefficient (Wildman–Crippen LogP) is 1.16. The van der Waals surface area contributed by atoms with E-state index in [0.29, 0.717) is 25.9 Å². The molecule has 0 radical (unpaired) electrons. The lowest BCUT2D eigenvalue weighted by Gasteiger charge is -2.35. The van der Waals surface area contributed by atoms with E-state index in [1.165, 1.54) is 0 Å². The maximum Gasteiger partial charge on any atom is 0.138 e. The SMILES string of the molecule is CCCn1ncnc1CC1(O)CCOC(C)C1. The third-order valence-corrected chi connectivity index (χ3v) is 3.26. The molecule has 0 aliphatic carbocycles. The van der Waals surface area contributed by atoms with Gasteiger partial charge in [-0.3, -0.25) is 4.68 Å². The fourth-order valence-electron chi connectivity index (χ4n) is 2.42. The first-order valence-corrected chi connectivity index (χ1v) is 6.33. The van der Waals surface area contributed by atoms with Gasteiger partial charge in [-0.15, -0.1) is 0 Å². The summed E-state index contributed by atoms with van der Waals surface area (Å²) in [6, 6.07) is 0. The number of aliphatic hydroxyl groups is 1. The van der Waals surface area contributed by atoms with Gasteiger partial charge >= 0.3 is 0 Å². The van der Waals surface area contributed by atoms with Crippen molar-refractivity contribution >= 4 is 0 Å². The Morgan fingerprint density at radius 2 is 2.47 bits per heavy atom. The van der Waals surface area contributed by atoms with E-state index in [0.717, 1.165) is 18.8 Å². The fraction of sp³-hybridized carbons (Fsp3) is 0.833. The van der Waals surface area contributed by atoms with Crippen LogP contribution in [0.4, 0.5) is 0 Å². The lowest BCUT2D eigenvalue weighted by Crippen LogP contribution is -2.42. The standard InChI is InChI=1S/C12H21N3O2/c1-3-5-15-11(13-9-14-15)8-12(16)4-6-17-10(2)7-12/h9-10,16H,3-8H2,1-2H3. The van der Waals surface area contributed by atoms with Crippen LogP contribution in [0.2, 0.25) is 0 Å². The summed E-state index contributed by atoms with van der Waals surface area (Å²) < 4.78 is 7.35. The van der Waals surface area contributed by atoms with Crippen LogP contribution in [-0.4, -0.2) is 38.2 Å². The van der Waals surface area contributed by atoms with E-state index >= 15 is 0 Å². The summed E-state index contributed by atoms with van der Waals surface area (Å²) >= 11 is 0. The zero-order valence-electron chi connectivity index (χ0n) is 10.6. The molecule has 5 heteroatoms. The highest BCUT2D eigenvalue weighted by molar-refractivity contribution is 4.97. The molecular weight excluding hydrogens is 218 g/mol. The summed E-state index contributed by atoms with van der Waals surface area (Å²) in [5.41, 5.74) is -0.684. The zero-order valence-corrected chi connectivity index (χ0v) is 10.6. The molecular formula is C12H21N3O2. The van der Waals surface area contributed by atoms with Crippen LogP contribution in [0.3, 0.4) is 0 Å². The number of nitrogens with zero attached hydrogens (tertiary/aromatic N) is 3. The van der Waals surface area contributed by atoms with Crippen LogP contribution < -0.4 is 0 Å².